The molecule has 17 heavy (non-hydrogen) atoms. The van der Waals surface area contributed by atoms with Crippen molar-refractivity contribution in [2.24, 2.45) is 4.99 Å². The zero-order valence-corrected chi connectivity index (χ0v) is 9.70. The third kappa shape index (κ3) is 1.89. The minimum absolute atomic E-state index is 0.562. The van der Waals surface area contributed by atoms with Gasteiger partial charge < -0.3 is 10.6 Å². The second-order valence-corrected chi connectivity index (χ2v) is 4.02. The van der Waals surface area contributed by atoms with Crippen LogP contribution in [0.15, 0.2) is 29.5 Å². The molecule has 0 aromatic carbocycles. The van der Waals surface area contributed by atoms with Gasteiger partial charge >= 0.3 is 0 Å². The molecule has 3 rings (SSSR count). The first-order chi connectivity index (χ1) is 8.34. The number of halogens is 1. The molecule has 0 saturated heterocycles. The minimum atomic E-state index is 0.562. The average Bonchev–Trinajstić information content (AvgIpc) is 2.86. The van der Waals surface area contributed by atoms with E-state index in [1.807, 2.05) is 12.1 Å². The Hall–Kier alpha value is -1.88. The molecule has 5 nitrogen and oxygen atoms in total. The van der Waals surface area contributed by atoms with Gasteiger partial charge in [0, 0.05) is 12.7 Å². The van der Waals surface area contributed by atoms with Crippen molar-refractivity contribution in [3.05, 3.63) is 29.5 Å². The Bertz CT molecular complexity index is 595. The van der Waals surface area contributed by atoms with Crippen LogP contribution in [0, 0.1) is 0 Å². The number of aromatic nitrogens is 2. The van der Waals surface area contributed by atoms with Crippen molar-refractivity contribution in [2.45, 2.75) is 0 Å². The van der Waals surface area contributed by atoms with Crippen LogP contribution in [0.3, 0.4) is 0 Å². The van der Waals surface area contributed by atoms with Crippen LogP contribution in [0.2, 0.25) is 5.02 Å². The number of guanidine groups is 1. The highest BCUT2D eigenvalue weighted by molar-refractivity contribution is 6.38. The van der Waals surface area contributed by atoms with Crippen molar-refractivity contribution < 1.29 is 0 Å². The van der Waals surface area contributed by atoms with Gasteiger partial charge in [-0.15, -0.1) is 0 Å². The zero-order chi connectivity index (χ0) is 11.7. The molecule has 0 amide bonds. The highest BCUT2D eigenvalue weighted by Gasteiger charge is 2.11. The van der Waals surface area contributed by atoms with Crippen LogP contribution in [-0.4, -0.2) is 29.0 Å². The summed E-state index contributed by atoms with van der Waals surface area (Å²) in [6.07, 6.45) is 3.39. The van der Waals surface area contributed by atoms with Crippen LogP contribution in [0.4, 0.5) is 5.69 Å². The Morgan fingerprint density at radius 2 is 2.29 bits per heavy atom. The van der Waals surface area contributed by atoms with Crippen LogP contribution >= 0.6 is 11.6 Å². The van der Waals surface area contributed by atoms with Gasteiger partial charge in [0.25, 0.3) is 0 Å². The van der Waals surface area contributed by atoms with E-state index in [-0.39, 0.29) is 0 Å². The van der Waals surface area contributed by atoms with E-state index in [2.05, 4.69) is 25.6 Å². The van der Waals surface area contributed by atoms with Gasteiger partial charge in [0.1, 0.15) is 5.52 Å². The summed E-state index contributed by atoms with van der Waals surface area (Å²) in [4.78, 5) is 12.8. The van der Waals surface area contributed by atoms with E-state index in [9.17, 15) is 0 Å². The molecule has 6 heteroatoms. The molecule has 3 heterocycles. The maximum absolute atomic E-state index is 6.27. The highest BCUT2D eigenvalue weighted by Crippen LogP contribution is 2.27. The molecule has 2 aromatic heterocycles. The van der Waals surface area contributed by atoms with Gasteiger partial charge in [-0.05, 0) is 12.1 Å². The fraction of sp³-hybridized carbons (Fsp3) is 0.182. The number of anilines is 1. The van der Waals surface area contributed by atoms with E-state index in [1.165, 1.54) is 0 Å². The lowest BCUT2D eigenvalue weighted by Crippen LogP contribution is -2.26. The molecule has 0 spiro atoms. The third-order valence-corrected chi connectivity index (χ3v) is 2.87. The molecular weight excluding hydrogens is 238 g/mol. The maximum Gasteiger partial charge on any atom is 0.196 e. The second kappa shape index (κ2) is 4.18. The standard InChI is InChI=1S/C11H10ClN5/c12-9-8(17-11-14-4-5-15-11)6-16-7-2-1-3-13-10(7)9/h1-3,6H,4-5H2,(H2,14,15,17). The summed E-state index contributed by atoms with van der Waals surface area (Å²) in [5.74, 6) is 0.726. The lowest BCUT2D eigenvalue weighted by molar-refractivity contribution is 0.959. The first-order valence-corrected chi connectivity index (χ1v) is 5.67. The maximum atomic E-state index is 6.27. The topological polar surface area (TPSA) is 62.2 Å². The Kier molecular flexibility index (Phi) is 2.53. The summed E-state index contributed by atoms with van der Waals surface area (Å²) in [6.45, 7) is 1.62. The Morgan fingerprint density at radius 3 is 3.12 bits per heavy atom. The van der Waals surface area contributed by atoms with E-state index >= 15 is 0 Å². The number of nitrogens with one attached hydrogen (secondary N) is 2. The molecule has 0 radical (unpaired) electrons. The fourth-order valence-corrected chi connectivity index (χ4v) is 1.93. The number of hydrogen-bond donors (Lipinski definition) is 2. The largest absolute Gasteiger partial charge is 0.354 e. The van der Waals surface area contributed by atoms with Gasteiger partial charge in [0.05, 0.1) is 29.0 Å². The summed E-state index contributed by atoms with van der Waals surface area (Å²) in [7, 11) is 0. The molecule has 2 aromatic rings. The minimum Gasteiger partial charge on any atom is -0.354 e. The summed E-state index contributed by atoms with van der Waals surface area (Å²) in [5, 5.41) is 6.78. The predicted molar refractivity (Wildman–Crippen MR) is 68.5 cm³/mol. The number of nitrogens with zero attached hydrogens (tertiary/aromatic N) is 3. The number of fused-ring (bicyclic) bond motifs is 1. The lowest BCUT2D eigenvalue weighted by atomic mass is 10.3. The number of hydrogen-bond acceptors (Lipinski definition) is 5. The number of aliphatic imine (C=N–C) groups is 1. The molecule has 0 fully saturated rings. The Balaban J connectivity index is 2.02. The van der Waals surface area contributed by atoms with Gasteiger partial charge in [-0.2, -0.15) is 0 Å². The van der Waals surface area contributed by atoms with Crippen molar-refractivity contribution in [3.8, 4) is 0 Å². The van der Waals surface area contributed by atoms with Gasteiger partial charge in [-0.25, -0.2) is 0 Å². The van der Waals surface area contributed by atoms with Crippen LogP contribution in [-0.2, 0) is 0 Å². The number of pyridine rings is 2. The monoisotopic (exact) mass is 247 g/mol. The van der Waals surface area contributed by atoms with Gasteiger partial charge in [-0.3, -0.25) is 15.0 Å². The number of rotatable bonds is 1. The normalized spacial score (nSPS) is 14.5. The summed E-state index contributed by atoms with van der Waals surface area (Å²) in [5.41, 5.74) is 2.19. The zero-order valence-electron chi connectivity index (χ0n) is 8.94. The van der Waals surface area contributed by atoms with Crippen LogP contribution < -0.4 is 10.6 Å². The molecule has 0 atom stereocenters. The second-order valence-electron chi connectivity index (χ2n) is 3.64. The average molecular weight is 248 g/mol. The van der Waals surface area contributed by atoms with Crippen molar-refractivity contribution in [1.82, 2.24) is 15.3 Å². The quantitative estimate of drug-likeness (QED) is 0.805. The van der Waals surface area contributed by atoms with E-state index in [1.54, 1.807) is 12.4 Å². The SMILES string of the molecule is Clc1c(NC2=NCCN2)cnc2cccnc12. The highest BCUT2D eigenvalue weighted by atomic mass is 35.5. The van der Waals surface area contributed by atoms with Crippen LogP contribution in [0.1, 0.15) is 0 Å². The summed E-state index contributed by atoms with van der Waals surface area (Å²) >= 11 is 6.27. The molecule has 1 aliphatic heterocycles. The smallest absolute Gasteiger partial charge is 0.196 e. The molecular formula is C11H10ClN5. The summed E-state index contributed by atoms with van der Waals surface area (Å²) in [6, 6.07) is 3.71. The predicted octanol–water partition coefficient (Wildman–Crippen LogP) is 1.65. The van der Waals surface area contributed by atoms with Gasteiger partial charge in [0.2, 0.25) is 0 Å². The van der Waals surface area contributed by atoms with Crippen LogP contribution in [0.5, 0.6) is 0 Å². The Labute approximate surface area is 103 Å². The summed E-state index contributed by atoms with van der Waals surface area (Å²) < 4.78 is 0. The molecule has 0 saturated carbocycles. The van der Waals surface area contributed by atoms with Crippen LogP contribution in [0.25, 0.3) is 11.0 Å². The van der Waals surface area contributed by atoms with Gasteiger partial charge in [-0.1, -0.05) is 11.6 Å². The molecule has 86 valence electrons. The van der Waals surface area contributed by atoms with Gasteiger partial charge in [0.15, 0.2) is 5.96 Å². The van der Waals surface area contributed by atoms with E-state index in [0.29, 0.717) is 16.2 Å². The van der Waals surface area contributed by atoms with Crippen molar-refractivity contribution >= 4 is 34.3 Å². The first-order valence-electron chi connectivity index (χ1n) is 5.29. The van der Waals surface area contributed by atoms with Crippen molar-refractivity contribution in [1.29, 1.82) is 0 Å². The third-order valence-electron chi connectivity index (χ3n) is 2.49. The van der Waals surface area contributed by atoms with Crippen molar-refractivity contribution in [3.63, 3.8) is 0 Å². The first kappa shape index (κ1) is 10.3. The fourth-order valence-electron chi connectivity index (χ4n) is 1.68. The lowest BCUT2D eigenvalue weighted by Gasteiger charge is -2.09. The van der Waals surface area contributed by atoms with E-state index in [4.69, 9.17) is 11.6 Å². The molecule has 0 bridgehead atoms. The van der Waals surface area contributed by atoms with E-state index < -0.39 is 0 Å². The Morgan fingerprint density at radius 1 is 1.35 bits per heavy atom. The molecule has 2 N–H and O–H groups in total. The molecule has 0 unspecified atom stereocenters. The van der Waals surface area contributed by atoms with Crippen molar-refractivity contribution in [2.75, 3.05) is 18.4 Å². The molecule has 1 aliphatic rings. The van der Waals surface area contributed by atoms with E-state index in [0.717, 1.165) is 24.6 Å². The molecule has 0 aliphatic carbocycles.